The molecule has 4 nitrogen and oxygen atoms in total. The highest BCUT2D eigenvalue weighted by Gasteiger charge is 2.45. The van der Waals surface area contributed by atoms with Gasteiger partial charge in [0.1, 0.15) is 11.3 Å². The van der Waals surface area contributed by atoms with Crippen LogP contribution in [0.2, 0.25) is 0 Å². The zero-order valence-electron chi connectivity index (χ0n) is 15.6. The molecule has 1 aromatic heterocycles. The van der Waals surface area contributed by atoms with Gasteiger partial charge >= 0.3 is 5.63 Å². The number of anilines is 1. The minimum atomic E-state index is -0.637. The van der Waals surface area contributed by atoms with Crippen LogP contribution >= 0.6 is 0 Å². The van der Waals surface area contributed by atoms with E-state index in [2.05, 4.69) is 38.2 Å². The molecule has 0 amide bonds. The van der Waals surface area contributed by atoms with E-state index in [4.69, 9.17) is 9.15 Å². The first-order valence-electron chi connectivity index (χ1n) is 8.88. The average Bonchev–Trinajstić information content (AvgIpc) is 2.55. The molecule has 1 N–H and O–H groups in total. The number of nitrogens with one attached hydrogen (secondary N) is 1. The molecule has 4 rings (SSSR count). The van der Waals surface area contributed by atoms with Gasteiger partial charge in [-0.3, -0.25) is 0 Å². The number of hydrogen-bond acceptors (Lipinski definition) is 4. The van der Waals surface area contributed by atoms with Crippen molar-refractivity contribution in [2.24, 2.45) is 0 Å². The zero-order chi connectivity index (χ0) is 18.5. The first-order valence-corrected chi connectivity index (χ1v) is 8.88. The van der Waals surface area contributed by atoms with Gasteiger partial charge in [0.25, 0.3) is 0 Å². The number of hydrogen-bond donors (Lipinski definition) is 1. The number of benzene rings is 2. The number of rotatable bonds is 2. The Kier molecular flexibility index (Phi) is 3.62. The van der Waals surface area contributed by atoms with E-state index in [-0.39, 0.29) is 11.0 Å². The second-order valence-electron chi connectivity index (χ2n) is 7.97. The Balaban J connectivity index is 1.84. The summed E-state index contributed by atoms with van der Waals surface area (Å²) in [4.78, 5) is 12.6. The van der Waals surface area contributed by atoms with Crippen molar-refractivity contribution in [2.45, 2.75) is 45.3 Å². The average molecular weight is 349 g/mol. The van der Waals surface area contributed by atoms with Gasteiger partial charge in [-0.1, -0.05) is 43.7 Å². The van der Waals surface area contributed by atoms with Crippen LogP contribution in [-0.2, 0) is 5.41 Å². The smallest absolute Gasteiger partial charge is 0.343 e. The summed E-state index contributed by atoms with van der Waals surface area (Å²) in [5, 5.41) is 4.34. The van der Waals surface area contributed by atoms with Crippen molar-refractivity contribution in [1.82, 2.24) is 0 Å². The van der Waals surface area contributed by atoms with E-state index in [0.29, 0.717) is 23.3 Å². The molecule has 2 aromatic carbocycles. The van der Waals surface area contributed by atoms with Crippen LogP contribution in [0.25, 0.3) is 11.0 Å². The van der Waals surface area contributed by atoms with Crippen molar-refractivity contribution < 1.29 is 9.15 Å². The summed E-state index contributed by atoms with van der Waals surface area (Å²) >= 11 is 0. The van der Waals surface area contributed by atoms with Crippen LogP contribution in [0.1, 0.15) is 38.3 Å². The third-order valence-corrected chi connectivity index (χ3v) is 5.01. The van der Waals surface area contributed by atoms with Crippen LogP contribution < -0.4 is 15.7 Å². The Hall–Kier alpha value is -2.75. The predicted octanol–water partition coefficient (Wildman–Crippen LogP) is 4.99. The molecule has 4 heteroatoms. The highest BCUT2D eigenvalue weighted by atomic mass is 16.5. The Morgan fingerprint density at radius 1 is 1.00 bits per heavy atom. The molecule has 0 fully saturated rings. The van der Waals surface area contributed by atoms with Crippen LogP contribution in [-0.4, -0.2) is 5.72 Å². The molecule has 1 atom stereocenters. The van der Waals surface area contributed by atoms with Crippen molar-refractivity contribution in [2.75, 3.05) is 5.32 Å². The van der Waals surface area contributed by atoms with Gasteiger partial charge in [-0.25, -0.2) is 4.79 Å². The maximum absolute atomic E-state index is 12.6. The largest absolute Gasteiger partial charge is 0.467 e. The number of para-hydroxylation sites is 1. The number of ether oxygens (including phenoxy) is 1. The molecular weight excluding hydrogens is 326 g/mol. The Bertz CT molecular complexity index is 1030. The Morgan fingerprint density at radius 3 is 2.42 bits per heavy atom. The van der Waals surface area contributed by atoms with E-state index in [1.807, 2.05) is 37.3 Å². The molecule has 0 bridgehead atoms. The van der Waals surface area contributed by atoms with Gasteiger partial charge in [-0.2, -0.15) is 0 Å². The summed E-state index contributed by atoms with van der Waals surface area (Å²) in [7, 11) is 0. The maximum Gasteiger partial charge on any atom is 0.343 e. The Morgan fingerprint density at radius 2 is 1.69 bits per heavy atom. The van der Waals surface area contributed by atoms with E-state index >= 15 is 0 Å². The van der Waals surface area contributed by atoms with Gasteiger partial charge in [0.15, 0.2) is 5.72 Å². The lowest BCUT2D eigenvalue weighted by atomic mass is 9.76. The molecule has 0 saturated heterocycles. The van der Waals surface area contributed by atoms with Gasteiger partial charge in [0.05, 0.1) is 10.9 Å². The van der Waals surface area contributed by atoms with E-state index in [1.165, 1.54) is 5.56 Å². The highest BCUT2D eigenvalue weighted by molar-refractivity contribution is 5.85. The molecule has 134 valence electrons. The zero-order valence-corrected chi connectivity index (χ0v) is 15.6. The summed E-state index contributed by atoms with van der Waals surface area (Å²) in [6.07, 6.45) is 0.643. The predicted molar refractivity (Wildman–Crippen MR) is 104 cm³/mol. The third kappa shape index (κ3) is 2.75. The van der Waals surface area contributed by atoms with Crippen LogP contribution in [0.5, 0.6) is 5.75 Å². The van der Waals surface area contributed by atoms with Crippen molar-refractivity contribution in [3.05, 3.63) is 70.1 Å². The van der Waals surface area contributed by atoms with Crippen molar-refractivity contribution in [3.8, 4) is 5.75 Å². The van der Waals surface area contributed by atoms with Gasteiger partial charge in [-0.05, 0) is 38.1 Å². The minimum Gasteiger partial charge on any atom is -0.467 e. The fourth-order valence-corrected chi connectivity index (χ4v) is 4.02. The van der Waals surface area contributed by atoms with Crippen molar-refractivity contribution in [1.29, 1.82) is 0 Å². The normalized spacial score (nSPS) is 21.1. The molecule has 2 heterocycles. The molecule has 3 aromatic rings. The molecule has 1 unspecified atom stereocenters. The lowest BCUT2D eigenvalue weighted by Crippen LogP contribution is -2.51. The number of aryl methyl sites for hydroxylation is 1. The molecule has 26 heavy (non-hydrogen) atoms. The summed E-state index contributed by atoms with van der Waals surface area (Å²) in [6.45, 7) is 8.22. The lowest BCUT2D eigenvalue weighted by Gasteiger charge is -2.44. The Labute approximate surface area is 152 Å². The quantitative estimate of drug-likeness (QED) is 0.662. The molecule has 0 aliphatic carbocycles. The fraction of sp³-hybridized carbons (Fsp3) is 0.318. The van der Waals surface area contributed by atoms with E-state index in [0.717, 1.165) is 11.1 Å². The van der Waals surface area contributed by atoms with E-state index in [9.17, 15) is 4.79 Å². The molecule has 0 saturated carbocycles. The van der Waals surface area contributed by atoms with E-state index in [1.54, 1.807) is 6.07 Å². The SMILES string of the molecule is Cc1ccc(NC2(C)CC(C)(C)c3c(c4ccccc4oc3=O)O2)cc1. The first-order chi connectivity index (χ1) is 12.3. The monoisotopic (exact) mass is 349 g/mol. The summed E-state index contributed by atoms with van der Waals surface area (Å²) in [5.41, 5.74) is 2.02. The van der Waals surface area contributed by atoms with Gasteiger partial charge in [0, 0.05) is 17.5 Å². The van der Waals surface area contributed by atoms with Gasteiger partial charge < -0.3 is 14.5 Å². The second-order valence-corrected chi connectivity index (χ2v) is 7.97. The van der Waals surface area contributed by atoms with Crippen molar-refractivity contribution >= 4 is 16.7 Å². The number of fused-ring (bicyclic) bond motifs is 3. The standard InChI is InChI=1S/C22H23NO3/c1-14-9-11-15(12-10-14)23-22(4)13-21(2,3)18-19(26-22)16-7-5-6-8-17(16)25-20(18)24/h5-12,23H,13H2,1-4H3. The van der Waals surface area contributed by atoms with Gasteiger partial charge in [-0.15, -0.1) is 0 Å². The molecule has 0 radical (unpaired) electrons. The maximum atomic E-state index is 12.6. The summed E-state index contributed by atoms with van der Waals surface area (Å²) < 4.78 is 12.0. The minimum absolute atomic E-state index is 0.318. The highest BCUT2D eigenvalue weighted by Crippen LogP contribution is 2.46. The summed E-state index contributed by atoms with van der Waals surface area (Å²) in [5.74, 6) is 0.621. The first kappa shape index (κ1) is 16.7. The van der Waals surface area contributed by atoms with Crippen LogP contribution in [0.15, 0.2) is 57.7 Å². The molecular formula is C22H23NO3. The van der Waals surface area contributed by atoms with E-state index < -0.39 is 5.72 Å². The van der Waals surface area contributed by atoms with Crippen LogP contribution in [0.4, 0.5) is 5.69 Å². The third-order valence-electron chi connectivity index (χ3n) is 5.01. The lowest BCUT2D eigenvalue weighted by molar-refractivity contribution is 0.0615. The molecule has 0 spiro atoms. The topological polar surface area (TPSA) is 51.5 Å². The summed E-state index contributed by atoms with van der Waals surface area (Å²) in [6, 6.07) is 15.7. The second kappa shape index (κ2) is 5.63. The van der Waals surface area contributed by atoms with Crippen LogP contribution in [0.3, 0.4) is 0 Å². The van der Waals surface area contributed by atoms with Gasteiger partial charge in [0.2, 0.25) is 0 Å². The fourth-order valence-electron chi connectivity index (χ4n) is 4.02. The van der Waals surface area contributed by atoms with Crippen molar-refractivity contribution in [3.63, 3.8) is 0 Å². The molecule has 1 aliphatic rings. The van der Waals surface area contributed by atoms with Crippen LogP contribution in [0, 0.1) is 6.92 Å². The molecule has 1 aliphatic heterocycles.